The Morgan fingerprint density at radius 3 is 2.88 bits per heavy atom. The van der Waals surface area contributed by atoms with Gasteiger partial charge < -0.3 is 20.1 Å². The van der Waals surface area contributed by atoms with Gasteiger partial charge in [-0.25, -0.2) is 0 Å². The minimum Gasteiger partial charge on any atom is -0.381 e. The van der Waals surface area contributed by atoms with E-state index in [9.17, 15) is 13.2 Å². The number of alkyl halides is 3. The predicted molar refractivity (Wildman–Crippen MR) is 89.8 cm³/mol. The first kappa shape index (κ1) is 20.3. The molecule has 0 aliphatic carbocycles. The maximum Gasteiger partial charge on any atom is 0.401 e. The Labute approximate surface area is 147 Å². The molecule has 2 fully saturated rings. The molecule has 9 heteroatoms. The molecule has 2 heterocycles. The molecule has 0 aromatic rings. The number of hydrogen-bond acceptors (Lipinski definition) is 4. The van der Waals surface area contributed by atoms with Gasteiger partial charge in [0.15, 0.2) is 5.96 Å². The number of aliphatic imine (C=N–C) groups is 1. The van der Waals surface area contributed by atoms with E-state index in [4.69, 9.17) is 9.47 Å². The summed E-state index contributed by atoms with van der Waals surface area (Å²) in [6, 6.07) is -0.00725. The van der Waals surface area contributed by atoms with Gasteiger partial charge in [-0.05, 0) is 19.3 Å². The average molecular weight is 366 g/mol. The largest absolute Gasteiger partial charge is 0.401 e. The van der Waals surface area contributed by atoms with Gasteiger partial charge in [0, 0.05) is 51.9 Å². The van der Waals surface area contributed by atoms with Crippen LogP contribution in [0.4, 0.5) is 13.2 Å². The van der Waals surface area contributed by atoms with E-state index < -0.39 is 12.7 Å². The molecule has 2 aliphatic heterocycles. The van der Waals surface area contributed by atoms with E-state index in [1.54, 1.807) is 7.05 Å². The fourth-order valence-electron chi connectivity index (χ4n) is 3.08. The second kappa shape index (κ2) is 10.2. The molecule has 2 atom stereocenters. The Balaban J connectivity index is 1.53. The quantitative estimate of drug-likeness (QED) is 0.384. The Morgan fingerprint density at radius 2 is 2.20 bits per heavy atom. The summed E-state index contributed by atoms with van der Waals surface area (Å²) in [5.74, 6) is 1.15. The topological polar surface area (TPSA) is 58.1 Å². The molecule has 146 valence electrons. The minimum absolute atomic E-state index is 0.00725. The average Bonchev–Trinajstić information content (AvgIpc) is 3.20. The van der Waals surface area contributed by atoms with Crippen LogP contribution in [0.1, 0.15) is 19.3 Å². The van der Waals surface area contributed by atoms with Crippen LogP contribution in [-0.2, 0) is 9.47 Å². The maximum atomic E-state index is 12.4. The highest BCUT2D eigenvalue weighted by molar-refractivity contribution is 5.79. The number of nitrogens with one attached hydrogen (secondary N) is 2. The maximum absolute atomic E-state index is 12.4. The molecule has 0 saturated carbocycles. The summed E-state index contributed by atoms with van der Waals surface area (Å²) in [7, 11) is 1.66. The van der Waals surface area contributed by atoms with Crippen LogP contribution in [0.2, 0.25) is 0 Å². The molecule has 0 radical (unpaired) electrons. The molecular weight excluding hydrogens is 337 g/mol. The van der Waals surface area contributed by atoms with Gasteiger partial charge in [-0.3, -0.25) is 9.89 Å². The summed E-state index contributed by atoms with van der Waals surface area (Å²) < 4.78 is 48.2. The fourth-order valence-corrected chi connectivity index (χ4v) is 3.08. The van der Waals surface area contributed by atoms with Crippen LogP contribution in [0.15, 0.2) is 4.99 Å². The highest BCUT2D eigenvalue weighted by Crippen LogP contribution is 2.19. The molecule has 0 amide bonds. The van der Waals surface area contributed by atoms with Gasteiger partial charge in [0.25, 0.3) is 0 Å². The number of nitrogens with zero attached hydrogens (tertiary/aromatic N) is 2. The van der Waals surface area contributed by atoms with Crippen LogP contribution in [0, 0.1) is 5.92 Å². The lowest BCUT2D eigenvalue weighted by atomic mass is 10.1. The fraction of sp³-hybridized carbons (Fsp3) is 0.938. The molecule has 2 N–H and O–H groups in total. The van der Waals surface area contributed by atoms with E-state index >= 15 is 0 Å². The monoisotopic (exact) mass is 366 g/mol. The molecule has 6 nitrogen and oxygen atoms in total. The van der Waals surface area contributed by atoms with Crippen LogP contribution in [0.5, 0.6) is 0 Å². The summed E-state index contributed by atoms with van der Waals surface area (Å²) in [6.07, 6.45) is -1.54. The van der Waals surface area contributed by atoms with Crippen molar-refractivity contribution in [3.8, 4) is 0 Å². The Kier molecular flexibility index (Phi) is 8.25. The Morgan fingerprint density at radius 1 is 1.36 bits per heavy atom. The van der Waals surface area contributed by atoms with Crippen molar-refractivity contribution in [3.63, 3.8) is 0 Å². The first-order chi connectivity index (χ1) is 12.0. The first-order valence-corrected chi connectivity index (χ1v) is 8.88. The van der Waals surface area contributed by atoms with Crippen molar-refractivity contribution in [2.24, 2.45) is 10.9 Å². The molecule has 2 aliphatic rings. The lowest BCUT2D eigenvalue weighted by Crippen LogP contribution is -2.45. The molecule has 0 bridgehead atoms. The number of likely N-dealkylation sites (tertiary alicyclic amines) is 1. The smallest absolute Gasteiger partial charge is 0.381 e. The van der Waals surface area contributed by atoms with Crippen LogP contribution >= 0.6 is 0 Å². The van der Waals surface area contributed by atoms with Gasteiger partial charge in [0.1, 0.15) is 0 Å². The van der Waals surface area contributed by atoms with Gasteiger partial charge in [0.05, 0.1) is 19.8 Å². The van der Waals surface area contributed by atoms with Crippen molar-refractivity contribution in [1.29, 1.82) is 0 Å². The van der Waals surface area contributed by atoms with Crippen molar-refractivity contribution < 1.29 is 22.6 Å². The zero-order valence-electron chi connectivity index (χ0n) is 14.8. The van der Waals surface area contributed by atoms with E-state index in [0.717, 1.165) is 32.7 Å². The number of ether oxygens (including phenoxy) is 2. The van der Waals surface area contributed by atoms with E-state index in [2.05, 4.69) is 15.6 Å². The van der Waals surface area contributed by atoms with Crippen molar-refractivity contribution in [3.05, 3.63) is 0 Å². The summed E-state index contributed by atoms with van der Waals surface area (Å²) in [4.78, 5) is 5.55. The van der Waals surface area contributed by atoms with Crippen LogP contribution in [-0.4, -0.2) is 82.7 Å². The molecule has 2 unspecified atom stereocenters. The van der Waals surface area contributed by atoms with Gasteiger partial charge in [0.2, 0.25) is 0 Å². The predicted octanol–water partition coefficient (Wildman–Crippen LogP) is 1.23. The summed E-state index contributed by atoms with van der Waals surface area (Å²) in [5, 5.41) is 6.37. The van der Waals surface area contributed by atoms with Crippen LogP contribution < -0.4 is 10.6 Å². The molecule has 0 spiro atoms. The third kappa shape index (κ3) is 8.24. The van der Waals surface area contributed by atoms with Crippen molar-refractivity contribution in [2.45, 2.75) is 31.5 Å². The second-order valence-electron chi connectivity index (χ2n) is 6.64. The highest BCUT2D eigenvalue weighted by Gasteiger charge is 2.34. The zero-order valence-corrected chi connectivity index (χ0v) is 14.8. The van der Waals surface area contributed by atoms with Crippen LogP contribution in [0.3, 0.4) is 0 Å². The summed E-state index contributed by atoms with van der Waals surface area (Å²) in [6.45, 7) is 3.73. The SMILES string of the molecule is CN=C(NCCCOCC1CCOC1)NC1CCN(CC(F)(F)F)C1. The number of hydrogen-bond donors (Lipinski definition) is 2. The summed E-state index contributed by atoms with van der Waals surface area (Å²) >= 11 is 0. The van der Waals surface area contributed by atoms with Crippen molar-refractivity contribution in [1.82, 2.24) is 15.5 Å². The van der Waals surface area contributed by atoms with Gasteiger partial charge in [-0.15, -0.1) is 0 Å². The van der Waals surface area contributed by atoms with E-state index in [1.165, 1.54) is 4.90 Å². The molecular formula is C16H29F3N4O2. The molecule has 25 heavy (non-hydrogen) atoms. The lowest BCUT2D eigenvalue weighted by Gasteiger charge is -2.19. The molecule has 2 saturated heterocycles. The third-order valence-electron chi connectivity index (χ3n) is 4.38. The molecule has 0 aromatic heterocycles. The van der Waals surface area contributed by atoms with Crippen molar-refractivity contribution >= 4 is 5.96 Å². The standard InChI is InChI=1S/C16H29F3N4O2/c1-20-15(21-5-2-7-24-10-13-4-8-25-11-13)22-14-3-6-23(9-14)12-16(17,18)19/h13-14H,2-12H2,1H3,(H2,20,21,22). The van der Waals surface area contributed by atoms with Crippen LogP contribution in [0.25, 0.3) is 0 Å². The number of halogens is 3. The third-order valence-corrected chi connectivity index (χ3v) is 4.38. The van der Waals surface area contributed by atoms with Gasteiger partial charge >= 0.3 is 6.18 Å². The molecule has 2 rings (SSSR count). The number of rotatable bonds is 8. The highest BCUT2D eigenvalue weighted by atomic mass is 19.4. The normalized spacial score (nSPS) is 25.5. The Hall–Kier alpha value is -1.06. The van der Waals surface area contributed by atoms with Gasteiger partial charge in [-0.2, -0.15) is 13.2 Å². The molecule has 0 aromatic carbocycles. The van der Waals surface area contributed by atoms with E-state index in [1.807, 2.05) is 0 Å². The zero-order chi connectivity index (χ0) is 18.1. The van der Waals surface area contributed by atoms with E-state index in [0.29, 0.717) is 44.5 Å². The minimum atomic E-state index is -4.14. The van der Waals surface area contributed by atoms with Crippen molar-refractivity contribution in [2.75, 3.05) is 59.7 Å². The van der Waals surface area contributed by atoms with E-state index in [-0.39, 0.29) is 6.04 Å². The number of guanidine groups is 1. The lowest BCUT2D eigenvalue weighted by molar-refractivity contribution is -0.143. The summed E-state index contributed by atoms with van der Waals surface area (Å²) in [5.41, 5.74) is 0. The van der Waals surface area contributed by atoms with Gasteiger partial charge in [-0.1, -0.05) is 0 Å². The second-order valence-corrected chi connectivity index (χ2v) is 6.64. The first-order valence-electron chi connectivity index (χ1n) is 8.88. The Bertz CT molecular complexity index is 415.